The van der Waals surface area contributed by atoms with E-state index in [-0.39, 0.29) is 28.9 Å². The number of phenolic OH excluding ortho intramolecular Hbond substituents is 2. The number of phenols is 2. The number of amides is 2. The molecule has 0 atom stereocenters. The lowest BCUT2D eigenvalue weighted by Gasteiger charge is -2.35. The summed E-state index contributed by atoms with van der Waals surface area (Å²) in [6, 6.07) is 9.90. The van der Waals surface area contributed by atoms with Gasteiger partial charge in [0.05, 0.1) is 11.8 Å². The van der Waals surface area contributed by atoms with Crippen LogP contribution in [0.15, 0.2) is 47.1 Å². The lowest BCUT2D eigenvalue weighted by atomic mass is 10.0. The van der Waals surface area contributed by atoms with Crippen molar-refractivity contribution in [2.45, 2.75) is 18.4 Å². The molecule has 31 heavy (non-hydrogen) atoms. The van der Waals surface area contributed by atoms with Crippen molar-refractivity contribution in [3.8, 4) is 22.6 Å². The topological polar surface area (TPSA) is 114 Å². The predicted molar refractivity (Wildman–Crippen MR) is 112 cm³/mol. The third-order valence-electron chi connectivity index (χ3n) is 6.07. The average Bonchev–Trinajstić information content (AvgIpc) is 3.33. The number of carbonyl (C=O) groups is 2. The number of hydrogen-bond donors (Lipinski definition) is 3. The van der Waals surface area contributed by atoms with Crippen LogP contribution in [0.5, 0.6) is 11.5 Å². The van der Waals surface area contributed by atoms with Crippen LogP contribution in [0.1, 0.15) is 23.2 Å². The first kappa shape index (κ1) is 19.4. The Morgan fingerprint density at radius 3 is 2.23 bits per heavy atom. The molecule has 2 aromatic carbocycles. The van der Waals surface area contributed by atoms with Gasteiger partial charge in [-0.25, -0.2) is 0 Å². The number of rotatable bonds is 3. The summed E-state index contributed by atoms with van der Waals surface area (Å²) in [5, 5.41) is 31.4. The van der Waals surface area contributed by atoms with Crippen LogP contribution >= 0.6 is 0 Å². The standard InChI is InChI=1S/C23H22N2O6/c26-18-12-14(16-11-15-3-10-31-20(15)19(27)13-16)1-2-17(18)21(28)24-6-8-25(9-7-24)22(29)23(30)4-5-23/h1-3,10-13,26-27,30H,4-9H2. The molecule has 2 fully saturated rings. The van der Waals surface area contributed by atoms with Crippen molar-refractivity contribution < 1.29 is 29.3 Å². The summed E-state index contributed by atoms with van der Waals surface area (Å²) in [7, 11) is 0. The summed E-state index contributed by atoms with van der Waals surface area (Å²) < 4.78 is 5.24. The molecule has 3 aromatic rings. The van der Waals surface area contributed by atoms with E-state index in [0.717, 1.165) is 5.39 Å². The number of aliphatic hydroxyl groups is 1. The summed E-state index contributed by atoms with van der Waals surface area (Å²) in [4.78, 5) is 28.4. The summed E-state index contributed by atoms with van der Waals surface area (Å²) in [6.07, 6.45) is 2.48. The molecule has 160 valence electrons. The quantitative estimate of drug-likeness (QED) is 0.597. The Labute approximate surface area is 177 Å². The SMILES string of the molecule is O=C(c1ccc(-c2cc(O)c3occc3c2)cc1O)N1CCN(C(=O)C2(O)CC2)CC1. The van der Waals surface area contributed by atoms with Crippen LogP contribution in [0.3, 0.4) is 0 Å². The van der Waals surface area contributed by atoms with E-state index in [2.05, 4.69) is 0 Å². The number of piperazine rings is 1. The van der Waals surface area contributed by atoms with E-state index in [1.165, 1.54) is 12.3 Å². The number of nitrogens with zero attached hydrogens (tertiary/aromatic N) is 2. The van der Waals surface area contributed by atoms with Crippen molar-refractivity contribution >= 4 is 22.8 Å². The van der Waals surface area contributed by atoms with Crippen LogP contribution in [-0.4, -0.2) is 68.7 Å². The summed E-state index contributed by atoms with van der Waals surface area (Å²) in [5.41, 5.74) is 0.712. The highest BCUT2D eigenvalue weighted by atomic mass is 16.3. The van der Waals surface area contributed by atoms with E-state index in [4.69, 9.17) is 4.42 Å². The van der Waals surface area contributed by atoms with E-state index in [0.29, 0.717) is 55.7 Å². The lowest BCUT2D eigenvalue weighted by molar-refractivity contribution is -0.143. The second-order valence-corrected chi connectivity index (χ2v) is 8.18. The summed E-state index contributed by atoms with van der Waals surface area (Å²) >= 11 is 0. The third-order valence-corrected chi connectivity index (χ3v) is 6.07. The Bertz CT molecular complexity index is 1190. The van der Waals surface area contributed by atoms with Gasteiger partial charge in [0.1, 0.15) is 11.4 Å². The number of fused-ring (bicyclic) bond motifs is 1. The van der Waals surface area contributed by atoms with Crippen molar-refractivity contribution in [3.63, 3.8) is 0 Å². The Morgan fingerprint density at radius 1 is 0.871 bits per heavy atom. The molecule has 1 saturated carbocycles. The zero-order valence-corrected chi connectivity index (χ0v) is 16.7. The monoisotopic (exact) mass is 422 g/mol. The predicted octanol–water partition coefficient (Wildman–Crippen LogP) is 2.32. The normalized spacial score (nSPS) is 17.7. The molecular formula is C23H22N2O6. The summed E-state index contributed by atoms with van der Waals surface area (Å²) in [6.45, 7) is 1.39. The van der Waals surface area contributed by atoms with Gasteiger partial charge in [0.15, 0.2) is 11.3 Å². The number of benzene rings is 2. The highest BCUT2D eigenvalue weighted by molar-refractivity contribution is 5.98. The molecule has 2 amide bonds. The second-order valence-electron chi connectivity index (χ2n) is 8.18. The third kappa shape index (κ3) is 3.38. The van der Waals surface area contributed by atoms with Crippen LogP contribution in [0, 0.1) is 0 Å². The minimum absolute atomic E-state index is 0.000387. The molecule has 0 radical (unpaired) electrons. The van der Waals surface area contributed by atoms with Crippen LogP contribution < -0.4 is 0 Å². The van der Waals surface area contributed by atoms with Crippen molar-refractivity contribution in [2.24, 2.45) is 0 Å². The molecule has 8 heteroatoms. The fraction of sp³-hybridized carbons (Fsp3) is 0.304. The second kappa shape index (κ2) is 7.02. The fourth-order valence-electron chi connectivity index (χ4n) is 4.03. The summed E-state index contributed by atoms with van der Waals surface area (Å²) in [5.74, 6) is -0.723. The van der Waals surface area contributed by atoms with Gasteiger partial charge in [-0.1, -0.05) is 6.07 Å². The Kier molecular flexibility index (Phi) is 4.40. The van der Waals surface area contributed by atoms with E-state index < -0.39 is 5.60 Å². The van der Waals surface area contributed by atoms with Gasteiger partial charge >= 0.3 is 0 Å². The molecule has 0 spiro atoms. The highest BCUT2D eigenvalue weighted by Crippen LogP contribution is 2.37. The van der Waals surface area contributed by atoms with Gasteiger partial charge in [0.2, 0.25) is 0 Å². The first-order valence-corrected chi connectivity index (χ1v) is 10.2. The molecule has 2 heterocycles. The maximum absolute atomic E-state index is 12.9. The van der Waals surface area contributed by atoms with Gasteiger partial charge in [0.25, 0.3) is 11.8 Å². The van der Waals surface area contributed by atoms with Gasteiger partial charge in [-0.3, -0.25) is 9.59 Å². The molecule has 1 aromatic heterocycles. The van der Waals surface area contributed by atoms with E-state index in [1.54, 1.807) is 34.1 Å². The lowest BCUT2D eigenvalue weighted by Crippen LogP contribution is -2.53. The average molecular weight is 422 g/mol. The van der Waals surface area contributed by atoms with E-state index in [1.807, 2.05) is 6.07 Å². The van der Waals surface area contributed by atoms with Gasteiger partial charge in [0, 0.05) is 31.6 Å². The Morgan fingerprint density at radius 2 is 1.55 bits per heavy atom. The Hall–Kier alpha value is -3.52. The molecule has 0 unspecified atom stereocenters. The minimum Gasteiger partial charge on any atom is -0.507 e. The first-order chi connectivity index (χ1) is 14.9. The molecule has 0 bridgehead atoms. The molecule has 3 N–H and O–H groups in total. The van der Waals surface area contributed by atoms with Gasteiger partial charge < -0.3 is 29.5 Å². The molecule has 1 saturated heterocycles. The van der Waals surface area contributed by atoms with E-state index in [9.17, 15) is 24.9 Å². The number of aromatic hydroxyl groups is 2. The molecule has 2 aliphatic rings. The van der Waals surface area contributed by atoms with Gasteiger partial charge in [-0.15, -0.1) is 0 Å². The first-order valence-electron chi connectivity index (χ1n) is 10.2. The number of carbonyl (C=O) groups excluding carboxylic acids is 2. The zero-order valence-electron chi connectivity index (χ0n) is 16.7. The van der Waals surface area contributed by atoms with Crippen LogP contribution in [0.2, 0.25) is 0 Å². The van der Waals surface area contributed by atoms with Crippen molar-refractivity contribution in [1.82, 2.24) is 9.80 Å². The van der Waals surface area contributed by atoms with Gasteiger partial charge in [-0.2, -0.15) is 0 Å². The minimum atomic E-state index is -1.20. The maximum atomic E-state index is 12.9. The largest absolute Gasteiger partial charge is 0.507 e. The molecule has 8 nitrogen and oxygen atoms in total. The zero-order chi connectivity index (χ0) is 21.8. The molecular weight excluding hydrogens is 400 g/mol. The molecule has 1 aliphatic heterocycles. The van der Waals surface area contributed by atoms with Crippen molar-refractivity contribution in [3.05, 3.63) is 48.2 Å². The Balaban J connectivity index is 1.31. The van der Waals surface area contributed by atoms with Crippen LogP contribution in [0.25, 0.3) is 22.1 Å². The molecule has 1 aliphatic carbocycles. The number of hydrogen-bond acceptors (Lipinski definition) is 6. The smallest absolute Gasteiger partial charge is 0.257 e. The van der Waals surface area contributed by atoms with Crippen LogP contribution in [0.4, 0.5) is 0 Å². The van der Waals surface area contributed by atoms with Crippen molar-refractivity contribution in [1.29, 1.82) is 0 Å². The maximum Gasteiger partial charge on any atom is 0.257 e. The fourth-order valence-corrected chi connectivity index (χ4v) is 4.03. The van der Waals surface area contributed by atoms with Crippen LogP contribution in [-0.2, 0) is 4.79 Å². The van der Waals surface area contributed by atoms with E-state index >= 15 is 0 Å². The highest BCUT2D eigenvalue weighted by Gasteiger charge is 2.50. The molecule has 5 rings (SSSR count). The number of furan rings is 1. The van der Waals surface area contributed by atoms with Crippen molar-refractivity contribution in [2.75, 3.05) is 26.2 Å². The van der Waals surface area contributed by atoms with Gasteiger partial charge in [-0.05, 0) is 54.3 Å².